The summed E-state index contributed by atoms with van der Waals surface area (Å²) in [5.41, 5.74) is 0.947. The van der Waals surface area contributed by atoms with Crippen LogP contribution in [0.1, 0.15) is 22.0 Å². The molecule has 0 N–H and O–H groups in total. The first-order valence-electron chi connectivity index (χ1n) is 9.03. The molecule has 0 saturated carbocycles. The highest BCUT2D eigenvalue weighted by atomic mass is 16.5. The van der Waals surface area contributed by atoms with Crippen LogP contribution in [0.25, 0.3) is 10.8 Å². The fourth-order valence-corrected chi connectivity index (χ4v) is 3.04. The zero-order valence-corrected chi connectivity index (χ0v) is 15.8. The summed E-state index contributed by atoms with van der Waals surface area (Å²) in [4.78, 5) is 14.2. The fraction of sp³-hybridized carbons (Fsp3) is 0.182. The van der Waals surface area contributed by atoms with Crippen LogP contribution >= 0.6 is 0 Å². The van der Waals surface area contributed by atoms with E-state index >= 15 is 0 Å². The molecule has 0 atom stereocenters. The molecule has 6 heteroatoms. The summed E-state index contributed by atoms with van der Waals surface area (Å²) in [6, 6.07) is 19.4. The summed E-state index contributed by atoms with van der Waals surface area (Å²) in [5.74, 6) is 1.47. The normalized spacial score (nSPS) is 10.9. The van der Waals surface area contributed by atoms with Crippen LogP contribution in [0.3, 0.4) is 0 Å². The number of rotatable bonds is 6. The molecule has 0 saturated heterocycles. The number of hydrogen-bond donors (Lipinski definition) is 0. The molecule has 0 radical (unpaired) electrons. The fourth-order valence-electron chi connectivity index (χ4n) is 3.04. The molecule has 4 aromatic rings. The second kappa shape index (κ2) is 7.60. The summed E-state index contributed by atoms with van der Waals surface area (Å²) in [6.45, 7) is 0.718. The van der Waals surface area contributed by atoms with Crippen molar-refractivity contribution in [3.8, 4) is 5.75 Å². The summed E-state index contributed by atoms with van der Waals surface area (Å²) in [6.07, 6.45) is 1.71. The van der Waals surface area contributed by atoms with Crippen LogP contribution in [0, 0.1) is 0 Å². The van der Waals surface area contributed by atoms with Crippen molar-refractivity contribution < 1.29 is 13.9 Å². The molecule has 2 heterocycles. The lowest BCUT2D eigenvalue weighted by Gasteiger charge is -2.15. The Morgan fingerprint density at radius 2 is 1.93 bits per heavy atom. The van der Waals surface area contributed by atoms with Gasteiger partial charge in [0, 0.05) is 20.3 Å². The Balaban J connectivity index is 1.39. The average Bonchev–Trinajstić information content (AvgIpc) is 3.35. The predicted molar refractivity (Wildman–Crippen MR) is 106 cm³/mol. The highest BCUT2D eigenvalue weighted by Gasteiger charge is 2.17. The number of benzene rings is 2. The van der Waals surface area contributed by atoms with E-state index in [1.54, 1.807) is 35.0 Å². The Bertz CT molecular complexity index is 1110. The van der Waals surface area contributed by atoms with Crippen LogP contribution in [0.5, 0.6) is 5.75 Å². The van der Waals surface area contributed by atoms with Crippen molar-refractivity contribution in [2.45, 2.75) is 13.2 Å². The van der Waals surface area contributed by atoms with Crippen LogP contribution < -0.4 is 4.74 Å². The highest BCUT2D eigenvalue weighted by Crippen LogP contribution is 2.22. The zero-order chi connectivity index (χ0) is 19.5. The molecule has 0 spiro atoms. The SMILES string of the molecule is CN(Cc1ccnn1C)C(=O)c1ccc(COc2ccc3ccccc3c2)o1. The van der Waals surface area contributed by atoms with Crippen LogP contribution in [-0.2, 0) is 20.2 Å². The third-order valence-corrected chi connectivity index (χ3v) is 4.64. The second-order valence-electron chi connectivity index (χ2n) is 6.67. The molecule has 28 heavy (non-hydrogen) atoms. The molecule has 0 unspecified atom stereocenters. The first kappa shape index (κ1) is 17.9. The molecule has 2 aromatic heterocycles. The maximum Gasteiger partial charge on any atom is 0.289 e. The number of carbonyl (C=O) groups is 1. The van der Waals surface area contributed by atoms with Crippen LogP contribution in [0.2, 0.25) is 0 Å². The van der Waals surface area contributed by atoms with Crippen molar-refractivity contribution in [3.63, 3.8) is 0 Å². The lowest BCUT2D eigenvalue weighted by atomic mass is 10.1. The Hall–Kier alpha value is -3.54. The number of nitrogens with zero attached hydrogens (tertiary/aromatic N) is 3. The van der Waals surface area contributed by atoms with Gasteiger partial charge in [-0.2, -0.15) is 5.10 Å². The van der Waals surface area contributed by atoms with Gasteiger partial charge in [-0.25, -0.2) is 0 Å². The highest BCUT2D eigenvalue weighted by molar-refractivity contribution is 5.91. The van der Waals surface area contributed by atoms with Crippen LogP contribution in [0.15, 0.2) is 71.3 Å². The number of aryl methyl sites for hydroxylation is 1. The standard InChI is InChI=1S/C22H21N3O3/c1-24(14-18-11-12-23-25(18)2)22(26)21-10-9-20(28-21)15-27-19-8-7-16-5-3-4-6-17(16)13-19/h3-13H,14-15H2,1-2H3. The van der Waals surface area contributed by atoms with Gasteiger partial charge >= 0.3 is 0 Å². The number of fused-ring (bicyclic) bond motifs is 1. The maximum atomic E-state index is 12.6. The molecule has 142 valence electrons. The second-order valence-corrected chi connectivity index (χ2v) is 6.67. The molecule has 0 aliphatic rings. The number of aromatic nitrogens is 2. The van der Waals surface area contributed by atoms with E-state index in [4.69, 9.17) is 9.15 Å². The van der Waals surface area contributed by atoms with E-state index in [0.29, 0.717) is 18.1 Å². The van der Waals surface area contributed by atoms with Gasteiger partial charge in [-0.05, 0) is 41.1 Å². The molecule has 6 nitrogen and oxygen atoms in total. The Kier molecular flexibility index (Phi) is 4.85. The molecule has 0 fully saturated rings. The van der Waals surface area contributed by atoms with Gasteiger partial charge in [-0.3, -0.25) is 9.48 Å². The van der Waals surface area contributed by atoms with E-state index in [2.05, 4.69) is 11.2 Å². The summed E-state index contributed by atoms with van der Waals surface area (Å²) in [5, 5.41) is 6.40. The molecule has 2 aromatic carbocycles. The molecule has 0 aliphatic heterocycles. The first-order valence-corrected chi connectivity index (χ1v) is 9.03. The van der Waals surface area contributed by atoms with Gasteiger partial charge in [0.05, 0.1) is 12.2 Å². The third kappa shape index (κ3) is 3.76. The lowest BCUT2D eigenvalue weighted by Crippen LogP contribution is -2.26. The van der Waals surface area contributed by atoms with E-state index in [0.717, 1.165) is 22.2 Å². The van der Waals surface area contributed by atoms with Gasteiger partial charge in [-0.15, -0.1) is 0 Å². The van der Waals surface area contributed by atoms with E-state index in [-0.39, 0.29) is 12.5 Å². The van der Waals surface area contributed by atoms with Gasteiger partial charge in [0.15, 0.2) is 5.76 Å². The van der Waals surface area contributed by atoms with Gasteiger partial charge in [-0.1, -0.05) is 30.3 Å². The minimum atomic E-state index is -0.182. The van der Waals surface area contributed by atoms with Gasteiger partial charge < -0.3 is 14.1 Å². The number of amides is 1. The van der Waals surface area contributed by atoms with Crippen molar-refractivity contribution >= 4 is 16.7 Å². The number of carbonyl (C=O) groups excluding carboxylic acids is 1. The summed E-state index contributed by atoms with van der Waals surface area (Å²) >= 11 is 0. The molecule has 0 bridgehead atoms. The van der Waals surface area contributed by atoms with Crippen molar-refractivity contribution in [2.24, 2.45) is 7.05 Å². The largest absolute Gasteiger partial charge is 0.486 e. The van der Waals surface area contributed by atoms with Gasteiger partial charge in [0.2, 0.25) is 0 Å². The Labute approximate surface area is 162 Å². The topological polar surface area (TPSA) is 60.5 Å². The van der Waals surface area contributed by atoms with E-state index in [1.165, 1.54) is 0 Å². The molecular weight excluding hydrogens is 354 g/mol. The average molecular weight is 375 g/mol. The third-order valence-electron chi connectivity index (χ3n) is 4.64. The maximum absolute atomic E-state index is 12.6. The summed E-state index contributed by atoms with van der Waals surface area (Å²) in [7, 11) is 3.59. The quantitative estimate of drug-likeness (QED) is 0.511. The van der Waals surface area contributed by atoms with Crippen LogP contribution in [-0.4, -0.2) is 27.6 Å². The number of furan rings is 1. The number of ether oxygens (including phenoxy) is 1. The van der Waals surface area contributed by atoms with E-state index < -0.39 is 0 Å². The Morgan fingerprint density at radius 1 is 1.11 bits per heavy atom. The monoisotopic (exact) mass is 375 g/mol. The lowest BCUT2D eigenvalue weighted by molar-refractivity contribution is 0.0746. The Morgan fingerprint density at radius 3 is 2.71 bits per heavy atom. The molecular formula is C22H21N3O3. The van der Waals surface area contributed by atoms with Crippen LogP contribution in [0.4, 0.5) is 0 Å². The van der Waals surface area contributed by atoms with Crippen molar-refractivity contribution in [3.05, 3.63) is 84.1 Å². The van der Waals surface area contributed by atoms with Crippen molar-refractivity contribution in [1.29, 1.82) is 0 Å². The van der Waals surface area contributed by atoms with E-state index in [9.17, 15) is 4.79 Å². The first-order chi connectivity index (χ1) is 13.6. The van der Waals surface area contributed by atoms with Crippen molar-refractivity contribution in [1.82, 2.24) is 14.7 Å². The summed E-state index contributed by atoms with van der Waals surface area (Å²) < 4.78 is 13.3. The minimum absolute atomic E-state index is 0.182. The van der Waals surface area contributed by atoms with Gasteiger partial charge in [0.1, 0.15) is 18.1 Å². The van der Waals surface area contributed by atoms with E-state index in [1.807, 2.05) is 49.5 Å². The van der Waals surface area contributed by atoms with Crippen molar-refractivity contribution in [2.75, 3.05) is 7.05 Å². The zero-order valence-electron chi connectivity index (χ0n) is 15.8. The van der Waals surface area contributed by atoms with Gasteiger partial charge in [0.25, 0.3) is 5.91 Å². The molecule has 4 rings (SSSR count). The minimum Gasteiger partial charge on any atom is -0.486 e. The smallest absolute Gasteiger partial charge is 0.289 e. The molecule has 1 amide bonds. The number of hydrogen-bond acceptors (Lipinski definition) is 4. The predicted octanol–water partition coefficient (Wildman–Crippen LogP) is 4.02. The molecule has 0 aliphatic carbocycles.